The van der Waals surface area contributed by atoms with Gasteiger partial charge in [-0.25, -0.2) is 0 Å². The van der Waals surface area contributed by atoms with Crippen LogP contribution in [0.4, 0.5) is 5.69 Å². The van der Waals surface area contributed by atoms with Gasteiger partial charge in [-0.2, -0.15) is 5.26 Å². The Balaban J connectivity index is 1.35. The van der Waals surface area contributed by atoms with Gasteiger partial charge in [-0.3, -0.25) is 4.79 Å². The SMILES string of the molecule is Cc1ccc(COc2ccc(/C=C(\C#N)C(=O)Nc3ccc(OCc4ccc(Cl)cc4Cl)cc3)cc2Cl)cc1C. The molecular weight excluding hydrogens is 567 g/mol. The molecule has 0 saturated heterocycles. The van der Waals surface area contributed by atoms with Gasteiger partial charge in [0, 0.05) is 21.3 Å². The van der Waals surface area contributed by atoms with Gasteiger partial charge in [0.15, 0.2) is 0 Å². The average molecular weight is 592 g/mol. The van der Waals surface area contributed by atoms with Crippen molar-refractivity contribution in [1.29, 1.82) is 5.26 Å². The quantitative estimate of drug-likeness (QED) is 0.156. The molecule has 4 aromatic rings. The van der Waals surface area contributed by atoms with Crippen molar-refractivity contribution in [2.75, 3.05) is 5.32 Å². The molecule has 4 aromatic carbocycles. The van der Waals surface area contributed by atoms with Crippen molar-refractivity contribution in [3.05, 3.63) is 127 Å². The van der Waals surface area contributed by atoms with E-state index in [1.54, 1.807) is 60.7 Å². The number of aryl methyl sites for hydroxylation is 2. The number of anilines is 1. The van der Waals surface area contributed by atoms with Gasteiger partial charge in [-0.15, -0.1) is 0 Å². The van der Waals surface area contributed by atoms with Crippen LogP contribution in [0.25, 0.3) is 6.08 Å². The first kappa shape index (κ1) is 29.0. The second-order valence-corrected chi connectivity index (χ2v) is 10.3. The average Bonchev–Trinajstić information content (AvgIpc) is 2.93. The summed E-state index contributed by atoms with van der Waals surface area (Å²) in [6.45, 7) is 4.76. The minimum atomic E-state index is -0.546. The lowest BCUT2D eigenvalue weighted by Crippen LogP contribution is -2.13. The van der Waals surface area contributed by atoms with E-state index in [1.165, 1.54) is 17.2 Å². The van der Waals surface area contributed by atoms with Crippen LogP contribution in [0.15, 0.2) is 84.4 Å². The molecule has 0 aliphatic rings. The maximum atomic E-state index is 12.8. The number of carbonyl (C=O) groups is 1. The van der Waals surface area contributed by atoms with Gasteiger partial charge in [-0.05, 0) is 90.7 Å². The Kier molecular flexibility index (Phi) is 9.74. The minimum absolute atomic E-state index is 0.0717. The fourth-order valence-electron chi connectivity index (χ4n) is 3.73. The fourth-order valence-corrected chi connectivity index (χ4v) is 4.43. The van der Waals surface area contributed by atoms with Crippen molar-refractivity contribution in [2.24, 2.45) is 0 Å². The molecule has 0 spiro atoms. The third-order valence-corrected chi connectivity index (χ3v) is 7.00. The van der Waals surface area contributed by atoms with Crippen molar-refractivity contribution < 1.29 is 14.3 Å². The lowest BCUT2D eigenvalue weighted by atomic mass is 10.1. The van der Waals surface area contributed by atoms with E-state index >= 15 is 0 Å². The molecule has 0 fully saturated rings. The van der Waals surface area contributed by atoms with Crippen LogP contribution in [0.3, 0.4) is 0 Å². The zero-order chi connectivity index (χ0) is 28.6. The fraction of sp³-hybridized carbons (Fsp3) is 0.125. The second-order valence-electron chi connectivity index (χ2n) is 9.07. The van der Waals surface area contributed by atoms with Crippen LogP contribution in [-0.2, 0) is 18.0 Å². The summed E-state index contributed by atoms with van der Waals surface area (Å²) >= 11 is 18.5. The van der Waals surface area contributed by atoms with Crippen molar-refractivity contribution in [2.45, 2.75) is 27.1 Å². The number of nitriles is 1. The molecule has 0 bridgehead atoms. The highest BCUT2D eigenvalue weighted by molar-refractivity contribution is 6.35. The van der Waals surface area contributed by atoms with E-state index in [4.69, 9.17) is 44.3 Å². The standard InChI is InChI=1S/C32H25Cl3N2O3/c1-20-3-4-23(13-21(20)2)18-40-31-12-5-22(15-30(31)35)14-25(17-36)32(38)37-27-8-10-28(11-9-27)39-19-24-6-7-26(33)16-29(24)34/h3-16H,18-19H2,1-2H3,(H,37,38)/b25-14+. The maximum Gasteiger partial charge on any atom is 0.266 e. The molecule has 4 rings (SSSR count). The predicted octanol–water partition coefficient (Wildman–Crippen LogP) is 8.97. The Labute approximate surface area is 248 Å². The first-order valence-corrected chi connectivity index (χ1v) is 13.4. The number of hydrogen-bond donors (Lipinski definition) is 1. The van der Waals surface area contributed by atoms with E-state index in [-0.39, 0.29) is 12.2 Å². The Morgan fingerprint density at radius 1 is 0.850 bits per heavy atom. The zero-order valence-electron chi connectivity index (χ0n) is 21.8. The monoisotopic (exact) mass is 590 g/mol. The van der Waals surface area contributed by atoms with Crippen LogP contribution < -0.4 is 14.8 Å². The van der Waals surface area contributed by atoms with Gasteiger partial charge in [-0.1, -0.05) is 65.1 Å². The maximum absolute atomic E-state index is 12.8. The molecule has 0 atom stereocenters. The topological polar surface area (TPSA) is 71.3 Å². The number of halogens is 3. The molecular formula is C32H25Cl3N2O3. The third-order valence-electron chi connectivity index (χ3n) is 6.12. The zero-order valence-corrected chi connectivity index (χ0v) is 24.1. The minimum Gasteiger partial charge on any atom is -0.489 e. The lowest BCUT2D eigenvalue weighted by molar-refractivity contribution is -0.112. The van der Waals surface area contributed by atoms with Crippen LogP contribution >= 0.6 is 34.8 Å². The van der Waals surface area contributed by atoms with Gasteiger partial charge >= 0.3 is 0 Å². The summed E-state index contributed by atoms with van der Waals surface area (Å²) in [7, 11) is 0. The Bertz CT molecular complexity index is 1610. The Morgan fingerprint density at radius 2 is 1.62 bits per heavy atom. The molecule has 1 amide bonds. The number of rotatable bonds is 9. The van der Waals surface area contributed by atoms with Gasteiger partial charge in [0.2, 0.25) is 0 Å². The first-order valence-electron chi connectivity index (χ1n) is 12.3. The van der Waals surface area contributed by atoms with Crippen molar-refractivity contribution >= 4 is 52.5 Å². The Hall–Kier alpha value is -3.95. The van der Waals surface area contributed by atoms with Gasteiger partial charge in [0.05, 0.1) is 5.02 Å². The Morgan fingerprint density at radius 3 is 2.30 bits per heavy atom. The predicted molar refractivity (Wildman–Crippen MR) is 161 cm³/mol. The molecule has 0 heterocycles. The van der Waals surface area contributed by atoms with Gasteiger partial charge in [0.25, 0.3) is 5.91 Å². The summed E-state index contributed by atoms with van der Waals surface area (Å²) in [4.78, 5) is 12.8. The van der Waals surface area contributed by atoms with Crippen LogP contribution in [0, 0.1) is 25.2 Å². The highest BCUT2D eigenvalue weighted by Crippen LogP contribution is 2.28. The molecule has 1 N–H and O–H groups in total. The molecule has 0 unspecified atom stereocenters. The number of ether oxygens (including phenoxy) is 2. The van der Waals surface area contributed by atoms with Gasteiger partial charge in [0.1, 0.15) is 36.4 Å². The molecule has 0 aromatic heterocycles. The van der Waals surface area contributed by atoms with E-state index < -0.39 is 5.91 Å². The molecule has 0 aliphatic heterocycles. The van der Waals surface area contributed by atoms with Crippen LogP contribution in [0.2, 0.25) is 15.1 Å². The van der Waals surface area contributed by atoms with Crippen LogP contribution in [-0.4, -0.2) is 5.91 Å². The van der Waals surface area contributed by atoms with E-state index in [9.17, 15) is 10.1 Å². The van der Waals surface area contributed by atoms with E-state index in [2.05, 4.69) is 31.3 Å². The molecule has 5 nitrogen and oxygen atoms in total. The molecule has 0 saturated carbocycles. The number of benzene rings is 4. The normalized spacial score (nSPS) is 11.1. The van der Waals surface area contributed by atoms with Crippen molar-refractivity contribution in [3.63, 3.8) is 0 Å². The molecule has 0 radical (unpaired) electrons. The highest BCUT2D eigenvalue weighted by Gasteiger charge is 2.11. The van der Waals surface area contributed by atoms with Crippen LogP contribution in [0.5, 0.6) is 11.5 Å². The number of nitrogens with zero attached hydrogens (tertiary/aromatic N) is 1. The summed E-state index contributed by atoms with van der Waals surface area (Å²) in [5.41, 5.74) is 5.29. The second kappa shape index (κ2) is 13.4. The first-order chi connectivity index (χ1) is 19.2. The molecule has 40 heavy (non-hydrogen) atoms. The molecule has 0 aliphatic carbocycles. The van der Waals surface area contributed by atoms with E-state index in [1.807, 2.05) is 12.1 Å². The lowest BCUT2D eigenvalue weighted by Gasteiger charge is -2.11. The summed E-state index contributed by atoms with van der Waals surface area (Å²) < 4.78 is 11.6. The summed E-state index contributed by atoms with van der Waals surface area (Å²) in [6.07, 6.45) is 1.47. The van der Waals surface area contributed by atoms with E-state index in [0.717, 1.165) is 11.1 Å². The van der Waals surface area contributed by atoms with E-state index in [0.29, 0.717) is 44.4 Å². The highest BCUT2D eigenvalue weighted by atomic mass is 35.5. The van der Waals surface area contributed by atoms with Crippen LogP contribution in [0.1, 0.15) is 27.8 Å². The third kappa shape index (κ3) is 7.80. The van der Waals surface area contributed by atoms with Crippen molar-refractivity contribution in [3.8, 4) is 17.6 Å². The largest absolute Gasteiger partial charge is 0.489 e. The van der Waals surface area contributed by atoms with Gasteiger partial charge < -0.3 is 14.8 Å². The summed E-state index contributed by atoms with van der Waals surface area (Å²) in [5, 5.41) is 13.8. The smallest absolute Gasteiger partial charge is 0.266 e. The number of nitrogens with one attached hydrogen (secondary N) is 1. The molecule has 202 valence electrons. The summed E-state index contributed by atoms with van der Waals surface area (Å²) in [5.74, 6) is 0.561. The molecule has 8 heteroatoms. The summed E-state index contributed by atoms with van der Waals surface area (Å²) in [6, 6.07) is 25.2. The van der Waals surface area contributed by atoms with Crippen molar-refractivity contribution in [1.82, 2.24) is 0 Å². The number of carbonyl (C=O) groups excluding carboxylic acids is 1. The number of hydrogen-bond acceptors (Lipinski definition) is 4. The number of amides is 1.